The van der Waals surface area contributed by atoms with E-state index in [1.807, 2.05) is 12.1 Å². The second kappa shape index (κ2) is 8.72. The smallest absolute Gasteiger partial charge is 0.252 e. The van der Waals surface area contributed by atoms with Gasteiger partial charge in [0.15, 0.2) is 15.0 Å². The van der Waals surface area contributed by atoms with Crippen molar-refractivity contribution in [2.45, 2.75) is 17.7 Å². The van der Waals surface area contributed by atoms with Crippen LogP contribution in [-0.4, -0.2) is 56.5 Å². The molecule has 0 N–H and O–H groups in total. The molecule has 164 valence electrons. The maximum atomic E-state index is 12.7. The minimum absolute atomic E-state index is 0.00791. The number of rotatable bonds is 5. The normalized spacial score (nSPS) is 23.1. The van der Waals surface area contributed by atoms with Gasteiger partial charge in [-0.15, -0.1) is 0 Å². The van der Waals surface area contributed by atoms with Crippen molar-refractivity contribution in [3.8, 4) is 11.5 Å². The van der Waals surface area contributed by atoms with Gasteiger partial charge in [-0.05, 0) is 35.9 Å². The zero-order chi connectivity index (χ0) is 22.2. The van der Waals surface area contributed by atoms with Gasteiger partial charge in [-0.1, -0.05) is 35.5 Å². The fraction of sp³-hybridized carbons (Fsp3) is 0.333. The number of halogens is 1. The highest BCUT2D eigenvalue weighted by Crippen LogP contribution is 2.44. The quantitative estimate of drug-likeness (QED) is 0.649. The number of amides is 1. The lowest BCUT2D eigenvalue weighted by atomic mass is 10.1. The molecule has 0 aliphatic carbocycles. The molecule has 0 spiro atoms. The van der Waals surface area contributed by atoms with Crippen LogP contribution < -0.4 is 14.4 Å². The van der Waals surface area contributed by atoms with E-state index in [9.17, 15) is 13.2 Å². The molecule has 0 aromatic heterocycles. The largest absolute Gasteiger partial charge is 0.497 e. The Kier molecular flexibility index (Phi) is 6.18. The molecule has 10 heteroatoms. The molecule has 2 atom stereocenters. The molecule has 2 fully saturated rings. The van der Waals surface area contributed by atoms with Crippen LogP contribution in [0.2, 0.25) is 5.02 Å². The molecule has 0 unspecified atom stereocenters. The van der Waals surface area contributed by atoms with Crippen LogP contribution in [0, 0.1) is 0 Å². The summed E-state index contributed by atoms with van der Waals surface area (Å²) in [5.41, 5.74) is 1.41. The second-order valence-corrected chi connectivity index (χ2v) is 11.1. The number of benzene rings is 2. The van der Waals surface area contributed by atoms with Crippen molar-refractivity contribution >= 4 is 50.0 Å². The number of carbonyl (C=O) groups excluding carboxylic acids is 1. The Morgan fingerprint density at radius 2 is 1.90 bits per heavy atom. The molecule has 0 saturated carbocycles. The van der Waals surface area contributed by atoms with Gasteiger partial charge < -0.3 is 14.4 Å². The van der Waals surface area contributed by atoms with Crippen molar-refractivity contribution in [2.24, 2.45) is 4.99 Å². The molecule has 2 aromatic rings. The van der Waals surface area contributed by atoms with Crippen LogP contribution in [0.15, 0.2) is 47.5 Å². The van der Waals surface area contributed by atoms with Crippen molar-refractivity contribution < 1.29 is 22.7 Å². The Labute approximate surface area is 190 Å². The molecule has 2 heterocycles. The van der Waals surface area contributed by atoms with Gasteiger partial charge in [0.2, 0.25) is 0 Å². The standard InChI is InChI=1S/C21H21ClN2O5S2/c1-28-15-6-3-13(4-7-15)9-20(25)23-21-24(16-10-14(22)5-8-18(16)29-2)17-11-31(26,27)12-19(17)30-21/h3-8,10,17,19H,9,11-12H2,1-2H3/t17-,19-/m0/s1. The van der Waals surface area contributed by atoms with Gasteiger partial charge in [-0.3, -0.25) is 4.79 Å². The highest BCUT2D eigenvalue weighted by molar-refractivity contribution is 8.16. The molecular formula is C21H21ClN2O5S2. The van der Waals surface area contributed by atoms with Crippen molar-refractivity contribution in [3.63, 3.8) is 0 Å². The molecular weight excluding hydrogens is 460 g/mol. The maximum Gasteiger partial charge on any atom is 0.252 e. The Balaban J connectivity index is 1.67. The third kappa shape index (κ3) is 4.68. The van der Waals surface area contributed by atoms with Crippen LogP contribution in [0.25, 0.3) is 0 Å². The fourth-order valence-electron chi connectivity index (χ4n) is 3.76. The van der Waals surface area contributed by atoms with E-state index in [-0.39, 0.29) is 35.1 Å². The van der Waals surface area contributed by atoms with Crippen LogP contribution in [0.5, 0.6) is 11.5 Å². The zero-order valence-corrected chi connectivity index (χ0v) is 19.3. The molecule has 1 amide bonds. The van der Waals surface area contributed by atoms with Gasteiger partial charge >= 0.3 is 0 Å². The first-order chi connectivity index (χ1) is 14.8. The summed E-state index contributed by atoms with van der Waals surface area (Å²) in [4.78, 5) is 18.9. The van der Waals surface area contributed by atoms with Crippen molar-refractivity contribution in [3.05, 3.63) is 53.1 Å². The number of nitrogens with zero attached hydrogens (tertiary/aromatic N) is 2. The van der Waals surface area contributed by atoms with Crippen LogP contribution in [-0.2, 0) is 21.1 Å². The summed E-state index contributed by atoms with van der Waals surface area (Å²) in [5, 5.41) is 0.735. The lowest BCUT2D eigenvalue weighted by Gasteiger charge is -2.26. The number of amidine groups is 1. The van der Waals surface area contributed by atoms with Crippen LogP contribution in [0.1, 0.15) is 5.56 Å². The first-order valence-electron chi connectivity index (χ1n) is 9.54. The van der Waals surface area contributed by atoms with Crippen molar-refractivity contribution in [2.75, 3.05) is 30.6 Å². The van der Waals surface area contributed by atoms with Gasteiger partial charge in [-0.2, -0.15) is 4.99 Å². The number of hydrogen-bond acceptors (Lipinski definition) is 6. The average Bonchev–Trinajstić information content (AvgIpc) is 3.19. The minimum Gasteiger partial charge on any atom is -0.497 e. The first-order valence-corrected chi connectivity index (χ1v) is 12.6. The van der Waals surface area contributed by atoms with Crippen molar-refractivity contribution in [1.82, 2.24) is 0 Å². The summed E-state index contributed by atoms with van der Waals surface area (Å²) in [6.45, 7) is 0. The molecule has 2 saturated heterocycles. The molecule has 0 radical (unpaired) electrons. The van der Waals surface area contributed by atoms with E-state index in [4.69, 9.17) is 21.1 Å². The Morgan fingerprint density at radius 3 is 2.58 bits per heavy atom. The molecule has 2 aliphatic heterocycles. The predicted molar refractivity (Wildman–Crippen MR) is 123 cm³/mol. The van der Waals surface area contributed by atoms with Crippen LogP contribution in [0.4, 0.5) is 5.69 Å². The maximum absolute atomic E-state index is 12.7. The number of anilines is 1. The number of methoxy groups -OCH3 is 2. The van der Waals surface area contributed by atoms with E-state index >= 15 is 0 Å². The summed E-state index contributed by atoms with van der Waals surface area (Å²) in [6, 6.07) is 12.0. The number of ether oxygens (including phenoxy) is 2. The first kappa shape index (κ1) is 22.0. The summed E-state index contributed by atoms with van der Waals surface area (Å²) < 4.78 is 35.1. The zero-order valence-electron chi connectivity index (χ0n) is 16.9. The van der Waals surface area contributed by atoms with E-state index < -0.39 is 9.84 Å². The highest BCUT2D eigenvalue weighted by Gasteiger charge is 2.50. The van der Waals surface area contributed by atoms with E-state index in [1.54, 1.807) is 42.3 Å². The minimum atomic E-state index is -3.17. The number of sulfone groups is 1. The summed E-state index contributed by atoms with van der Waals surface area (Å²) in [5.74, 6) is 0.966. The van der Waals surface area contributed by atoms with Gasteiger partial charge in [0.1, 0.15) is 11.5 Å². The summed E-state index contributed by atoms with van der Waals surface area (Å²) >= 11 is 7.53. The Morgan fingerprint density at radius 1 is 1.16 bits per heavy atom. The number of aliphatic imine (C=N–C) groups is 1. The lowest BCUT2D eigenvalue weighted by molar-refractivity contribution is -0.117. The second-order valence-electron chi connectivity index (χ2n) is 7.30. The SMILES string of the molecule is COc1ccc(CC(=O)N=C2S[C@H]3CS(=O)(=O)C[C@@H]3N2c2cc(Cl)ccc2OC)cc1. The number of fused-ring (bicyclic) bond motifs is 1. The van der Waals surface area contributed by atoms with Gasteiger partial charge in [-0.25, -0.2) is 8.42 Å². The molecule has 7 nitrogen and oxygen atoms in total. The topological polar surface area (TPSA) is 85.3 Å². The molecule has 4 rings (SSSR count). The predicted octanol–water partition coefficient (Wildman–Crippen LogP) is 3.20. The van der Waals surface area contributed by atoms with E-state index in [0.29, 0.717) is 27.4 Å². The van der Waals surface area contributed by atoms with E-state index in [0.717, 1.165) is 5.56 Å². The van der Waals surface area contributed by atoms with Crippen molar-refractivity contribution in [1.29, 1.82) is 0 Å². The monoisotopic (exact) mass is 480 g/mol. The van der Waals surface area contributed by atoms with E-state index in [1.165, 1.54) is 18.9 Å². The Hall–Kier alpha value is -2.23. The third-order valence-corrected chi connectivity index (χ3v) is 8.65. The van der Waals surface area contributed by atoms with E-state index in [2.05, 4.69) is 4.99 Å². The van der Waals surface area contributed by atoms with Gasteiger partial charge in [0.25, 0.3) is 5.91 Å². The average molecular weight is 481 g/mol. The summed E-state index contributed by atoms with van der Waals surface area (Å²) in [7, 11) is -0.0565. The Bertz CT molecular complexity index is 1130. The fourth-order valence-corrected chi connectivity index (χ4v) is 7.85. The molecule has 0 bridgehead atoms. The summed E-state index contributed by atoms with van der Waals surface area (Å²) in [6.07, 6.45) is 0.127. The molecule has 31 heavy (non-hydrogen) atoms. The van der Waals surface area contributed by atoms with Crippen LogP contribution >= 0.6 is 23.4 Å². The lowest BCUT2D eigenvalue weighted by Crippen LogP contribution is -2.38. The van der Waals surface area contributed by atoms with Crippen LogP contribution in [0.3, 0.4) is 0 Å². The number of hydrogen-bond donors (Lipinski definition) is 0. The molecule has 2 aliphatic rings. The van der Waals surface area contributed by atoms with Gasteiger partial charge in [0.05, 0.1) is 43.9 Å². The third-order valence-electron chi connectivity index (χ3n) is 5.20. The highest BCUT2D eigenvalue weighted by atomic mass is 35.5. The van der Waals surface area contributed by atoms with Gasteiger partial charge in [0, 0.05) is 10.3 Å². The number of carbonyl (C=O) groups is 1. The molecule has 2 aromatic carbocycles. The number of thioether (sulfide) groups is 1.